The zero-order valence-corrected chi connectivity index (χ0v) is 24.0. The van der Waals surface area contributed by atoms with Crippen LogP contribution in [0.1, 0.15) is 60.9 Å². The summed E-state index contributed by atoms with van der Waals surface area (Å²) < 4.78 is 8.02. The fraction of sp³-hybridized carbons (Fsp3) is 0.406. The molecular weight excluding hydrogens is 488 g/mol. The van der Waals surface area contributed by atoms with Crippen LogP contribution in [0.25, 0.3) is 11.0 Å². The third kappa shape index (κ3) is 6.21. The normalized spacial score (nSPS) is 19.2. The number of hydrogen-bond donors (Lipinski definition) is 1. The molecule has 0 aliphatic carbocycles. The van der Waals surface area contributed by atoms with E-state index < -0.39 is 11.6 Å². The second-order valence-corrected chi connectivity index (χ2v) is 11.1. The molecule has 206 valence electrons. The minimum absolute atomic E-state index is 0.00257. The van der Waals surface area contributed by atoms with Gasteiger partial charge in [-0.2, -0.15) is 0 Å². The van der Waals surface area contributed by atoms with Crippen LogP contribution in [0.2, 0.25) is 0 Å². The van der Waals surface area contributed by atoms with Crippen molar-refractivity contribution in [1.29, 1.82) is 0 Å². The molecule has 1 aromatic heterocycles. The van der Waals surface area contributed by atoms with Crippen LogP contribution in [0.5, 0.6) is 0 Å². The van der Waals surface area contributed by atoms with Gasteiger partial charge in [0.15, 0.2) is 0 Å². The van der Waals surface area contributed by atoms with Crippen LogP contribution >= 0.6 is 0 Å². The lowest BCUT2D eigenvalue weighted by Gasteiger charge is -2.41. The smallest absolute Gasteiger partial charge is 0.304 e. The molecule has 2 aromatic carbocycles. The van der Waals surface area contributed by atoms with Gasteiger partial charge in [0.25, 0.3) is 0 Å². The molecule has 2 atom stereocenters. The monoisotopic (exact) mass is 528 g/mol. The average Bonchev–Trinajstić information content (AvgIpc) is 3.26. The Kier molecular flexibility index (Phi) is 8.52. The fourth-order valence-electron chi connectivity index (χ4n) is 5.51. The van der Waals surface area contributed by atoms with Gasteiger partial charge in [0.05, 0.1) is 18.5 Å². The fourth-order valence-corrected chi connectivity index (χ4v) is 5.51. The van der Waals surface area contributed by atoms with Crippen molar-refractivity contribution in [1.82, 2.24) is 19.9 Å². The molecular formula is C32H40N4O3. The summed E-state index contributed by atoms with van der Waals surface area (Å²) in [5.74, 6) is -1.12. The summed E-state index contributed by atoms with van der Waals surface area (Å²) in [6.45, 7) is 17.4. The van der Waals surface area contributed by atoms with E-state index in [-0.39, 0.29) is 12.3 Å². The minimum atomic E-state index is -0.829. The highest BCUT2D eigenvalue weighted by Crippen LogP contribution is 2.35. The van der Waals surface area contributed by atoms with E-state index in [2.05, 4.69) is 79.8 Å². The SMILES string of the molecule is C=C/C(=C\C=C(C)C)C1(C)CN(Cc2cc(C(CC(=O)O)c3ccc4c(nnn4C)c3C)ccc2C)CCO1. The van der Waals surface area contributed by atoms with Crippen LogP contribution in [0, 0.1) is 13.8 Å². The molecule has 2 heterocycles. The number of aromatic nitrogens is 3. The van der Waals surface area contributed by atoms with E-state index >= 15 is 0 Å². The van der Waals surface area contributed by atoms with Crippen molar-refractivity contribution in [2.75, 3.05) is 19.7 Å². The number of benzene rings is 2. The van der Waals surface area contributed by atoms with Gasteiger partial charge in [-0.25, -0.2) is 4.68 Å². The number of nitrogens with zero attached hydrogens (tertiary/aromatic N) is 4. The van der Waals surface area contributed by atoms with Crippen LogP contribution in [0.4, 0.5) is 0 Å². The summed E-state index contributed by atoms with van der Waals surface area (Å²) in [5.41, 5.74) is 8.90. The maximum atomic E-state index is 12.0. The number of hydrogen-bond acceptors (Lipinski definition) is 5. The van der Waals surface area contributed by atoms with Crippen LogP contribution in [-0.2, 0) is 23.1 Å². The van der Waals surface area contributed by atoms with E-state index in [0.29, 0.717) is 6.61 Å². The largest absolute Gasteiger partial charge is 0.481 e. The number of allylic oxidation sites excluding steroid dienone is 3. The first kappa shape index (κ1) is 28.5. The van der Waals surface area contributed by atoms with Gasteiger partial charge >= 0.3 is 5.97 Å². The zero-order valence-electron chi connectivity index (χ0n) is 24.0. The van der Waals surface area contributed by atoms with Gasteiger partial charge in [-0.15, -0.1) is 5.10 Å². The summed E-state index contributed by atoms with van der Waals surface area (Å²) in [6, 6.07) is 10.4. The number of aliphatic carboxylic acids is 1. The lowest BCUT2D eigenvalue weighted by atomic mass is 9.84. The maximum Gasteiger partial charge on any atom is 0.304 e. The molecule has 0 bridgehead atoms. The third-order valence-corrected chi connectivity index (χ3v) is 7.78. The van der Waals surface area contributed by atoms with Crippen LogP contribution < -0.4 is 0 Å². The summed E-state index contributed by atoms with van der Waals surface area (Å²) in [7, 11) is 1.86. The van der Waals surface area contributed by atoms with E-state index in [1.54, 1.807) is 4.68 Å². The van der Waals surface area contributed by atoms with Gasteiger partial charge in [0.1, 0.15) is 11.1 Å². The van der Waals surface area contributed by atoms with Crippen LogP contribution in [0.15, 0.2) is 66.3 Å². The van der Waals surface area contributed by atoms with Gasteiger partial charge in [-0.1, -0.05) is 59.9 Å². The highest BCUT2D eigenvalue weighted by molar-refractivity contribution is 5.80. The van der Waals surface area contributed by atoms with Crippen molar-refractivity contribution in [3.63, 3.8) is 0 Å². The first-order valence-electron chi connectivity index (χ1n) is 13.5. The first-order valence-corrected chi connectivity index (χ1v) is 13.5. The molecule has 0 amide bonds. The number of morpholine rings is 1. The summed E-state index contributed by atoms with van der Waals surface area (Å²) in [5, 5.41) is 18.3. The number of carboxylic acids is 1. The van der Waals surface area contributed by atoms with Gasteiger partial charge in [0.2, 0.25) is 0 Å². The van der Waals surface area contributed by atoms with Gasteiger partial charge in [0, 0.05) is 32.6 Å². The van der Waals surface area contributed by atoms with Crippen molar-refractivity contribution in [2.45, 2.75) is 59.1 Å². The number of ether oxygens (including phenoxy) is 1. The van der Waals surface area contributed by atoms with Crippen molar-refractivity contribution >= 4 is 17.0 Å². The summed E-state index contributed by atoms with van der Waals surface area (Å²) in [4.78, 5) is 14.4. The van der Waals surface area contributed by atoms with Crippen LogP contribution in [-0.4, -0.2) is 56.3 Å². The first-order chi connectivity index (χ1) is 18.5. The second kappa shape index (κ2) is 11.7. The molecule has 7 heteroatoms. The van der Waals surface area contributed by atoms with Crippen molar-refractivity contribution in [3.8, 4) is 0 Å². The lowest BCUT2D eigenvalue weighted by molar-refractivity contribution is -0.137. The molecule has 1 aliphatic heterocycles. The summed E-state index contributed by atoms with van der Waals surface area (Å²) in [6.07, 6.45) is 6.09. The molecule has 0 radical (unpaired) electrons. The maximum absolute atomic E-state index is 12.0. The molecule has 7 nitrogen and oxygen atoms in total. The number of fused-ring (bicyclic) bond motifs is 1. The van der Waals surface area contributed by atoms with Gasteiger partial charge < -0.3 is 9.84 Å². The van der Waals surface area contributed by atoms with E-state index in [4.69, 9.17) is 4.74 Å². The third-order valence-electron chi connectivity index (χ3n) is 7.78. The Morgan fingerprint density at radius 3 is 2.69 bits per heavy atom. The Morgan fingerprint density at radius 1 is 1.23 bits per heavy atom. The number of aryl methyl sites for hydroxylation is 3. The van der Waals surface area contributed by atoms with E-state index in [1.807, 2.05) is 32.2 Å². The molecule has 1 aliphatic rings. The molecule has 4 rings (SSSR count). The highest BCUT2D eigenvalue weighted by atomic mass is 16.5. The Hall–Kier alpha value is -3.55. The topological polar surface area (TPSA) is 80.5 Å². The second-order valence-electron chi connectivity index (χ2n) is 11.1. The van der Waals surface area contributed by atoms with Gasteiger partial charge in [-0.3, -0.25) is 9.69 Å². The molecule has 1 saturated heterocycles. The Bertz CT molecular complexity index is 1450. The number of rotatable bonds is 9. The molecule has 1 fully saturated rings. The lowest BCUT2D eigenvalue weighted by Crippen LogP contribution is -2.50. The number of carboxylic acid groups (broad SMARTS) is 1. The van der Waals surface area contributed by atoms with Crippen molar-refractivity contribution < 1.29 is 14.6 Å². The summed E-state index contributed by atoms with van der Waals surface area (Å²) >= 11 is 0. The molecule has 0 saturated carbocycles. The van der Waals surface area contributed by atoms with Crippen molar-refractivity contribution in [2.24, 2.45) is 7.05 Å². The Morgan fingerprint density at radius 2 is 2.00 bits per heavy atom. The zero-order chi connectivity index (χ0) is 28.3. The quantitative estimate of drug-likeness (QED) is 0.350. The Labute approximate surface area is 231 Å². The van der Waals surface area contributed by atoms with Gasteiger partial charge in [-0.05, 0) is 74.1 Å². The molecule has 1 N–H and O–H groups in total. The van der Waals surface area contributed by atoms with E-state index in [9.17, 15) is 9.90 Å². The predicted octanol–water partition coefficient (Wildman–Crippen LogP) is 5.86. The number of carbonyl (C=O) groups is 1. The molecule has 3 aromatic rings. The van der Waals surface area contributed by atoms with E-state index in [1.165, 1.54) is 16.7 Å². The minimum Gasteiger partial charge on any atom is -0.481 e. The average molecular weight is 529 g/mol. The van der Waals surface area contributed by atoms with Crippen molar-refractivity contribution in [3.05, 3.63) is 94.1 Å². The molecule has 0 spiro atoms. The highest BCUT2D eigenvalue weighted by Gasteiger charge is 2.34. The molecule has 2 unspecified atom stereocenters. The Balaban J connectivity index is 1.65. The van der Waals surface area contributed by atoms with Crippen LogP contribution in [0.3, 0.4) is 0 Å². The van der Waals surface area contributed by atoms with E-state index in [0.717, 1.165) is 52.9 Å². The standard InChI is InChI=1S/C32H40N4O3/c1-8-26(12-9-21(2)3)32(6)20-36(15-16-39-32)19-25-17-24(11-10-22(25)4)28(18-30(37)38)27-13-14-29-31(23(27)5)33-34-35(29)7/h8-14,17,28H,1,15-16,18-20H2,2-7H3,(H,37,38)/b26-12+. The molecule has 39 heavy (non-hydrogen) atoms. The predicted molar refractivity (Wildman–Crippen MR) is 156 cm³/mol.